The van der Waals surface area contributed by atoms with Crippen LogP contribution in [0.25, 0.3) is 0 Å². The lowest BCUT2D eigenvalue weighted by Crippen LogP contribution is -2.59. The van der Waals surface area contributed by atoms with Gasteiger partial charge in [0.25, 0.3) is 0 Å². The molecule has 0 spiro atoms. The average Bonchev–Trinajstić information content (AvgIpc) is 3.31. The Hall–Kier alpha value is -2.40. The Labute approximate surface area is 241 Å². The molecule has 0 saturated carbocycles. The monoisotopic (exact) mass is 570 g/mol. The predicted octanol–water partition coefficient (Wildman–Crippen LogP) is 4.31. The van der Waals surface area contributed by atoms with Gasteiger partial charge in [-0.2, -0.15) is 0 Å². The Kier molecular flexibility index (Phi) is 9.83. The summed E-state index contributed by atoms with van der Waals surface area (Å²) in [5.74, 6) is 0.704. The number of piperidine rings is 3. The summed E-state index contributed by atoms with van der Waals surface area (Å²) in [5.41, 5.74) is 1.85. The molecule has 0 unspecified atom stereocenters. The van der Waals surface area contributed by atoms with E-state index in [-0.39, 0.29) is 23.7 Å². The molecule has 218 valence electrons. The Morgan fingerprint density at radius 2 is 1.88 bits per heavy atom. The molecule has 3 saturated heterocycles. The number of carbonyl (C=O) groups excluding carboxylic acids is 2. The molecule has 3 atom stereocenters. The fourth-order valence-corrected chi connectivity index (χ4v) is 7.62. The van der Waals surface area contributed by atoms with Crippen LogP contribution < -0.4 is 16.0 Å². The van der Waals surface area contributed by atoms with Gasteiger partial charge in [0.1, 0.15) is 5.82 Å². The van der Waals surface area contributed by atoms with E-state index in [2.05, 4.69) is 30.7 Å². The molecule has 2 aromatic rings. The molecular weight excluding hydrogens is 527 g/mol. The van der Waals surface area contributed by atoms with Crippen molar-refractivity contribution in [1.82, 2.24) is 25.4 Å². The smallest absolute Gasteiger partial charge is 0.321 e. The summed E-state index contributed by atoms with van der Waals surface area (Å²) in [6.45, 7) is 10.4. The molecule has 3 N–H and O–H groups in total. The number of rotatable bonds is 8. The van der Waals surface area contributed by atoms with E-state index in [0.29, 0.717) is 33.6 Å². The molecular formula is C30H43FN6O2S. The number of nitrogens with zero attached hydrogens (tertiary/aromatic N) is 3. The second-order valence-electron chi connectivity index (χ2n) is 11.8. The molecule has 4 heterocycles. The Bertz CT molecular complexity index is 1150. The van der Waals surface area contributed by atoms with Gasteiger partial charge in [0.2, 0.25) is 0 Å². The van der Waals surface area contributed by atoms with Crippen LogP contribution in [0, 0.1) is 24.6 Å². The van der Waals surface area contributed by atoms with Crippen LogP contribution in [0.4, 0.5) is 14.3 Å². The first kappa shape index (κ1) is 29.1. The van der Waals surface area contributed by atoms with Crippen molar-refractivity contribution in [3.8, 4) is 0 Å². The highest BCUT2D eigenvalue weighted by atomic mass is 32.1. The second kappa shape index (κ2) is 13.5. The van der Waals surface area contributed by atoms with E-state index in [4.69, 9.17) is 0 Å². The molecule has 3 fully saturated rings. The van der Waals surface area contributed by atoms with Crippen molar-refractivity contribution in [2.75, 3.05) is 51.1 Å². The minimum absolute atomic E-state index is 0.0346. The molecule has 5 rings (SSSR count). The zero-order valence-electron chi connectivity index (χ0n) is 23.8. The summed E-state index contributed by atoms with van der Waals surface area (Å²) in [6.07, 6.45) is 6.69. The lowest BCUT2D eigenvalue weighted by atomic mass is 9.86. The van der Waals surface area contributed by atoms with E-state index in [1.54, 1.807) is 19.1 Å². The summed E-state index contributed by atoms with van der Waals surface area (Å²) in [6, 6.07) is 7.28. The van der Waals surface area contributed by atoms with Gasteiger partial charge in [0, 0.05) is 38.6 Å². The van der Waals surface area contributed by atoms with Crippen LogP contribution in [-0.4, -0.2) is 84.5 Å². The van der Waals surface area contributed by atoms with E-state index in [0.717, 1.165) is 71.5 Å². The summed E-state index contributed by atoms with van der Waals surface area (Å²) < 4.78 is 13.4. The van der Waals surface area contributed by atoms with Crippen LogP contribution in [-0.2, 0) is 6.42 Å². The van der Waals surface area contributed by atoms with Gasteiger partial charge in [0.15, 0.2) is 10.9 Å². The standard InChI is InChI=1S/C30H43FN6O2S/c1-20-28(21(2)38)40-30(33-20)35-29(39)34-27-19-37(26-9-12-32-13-10-26)15-11-24(27)18-36-14-3-4-23(17-36)16-22-5-7-25(31)8-6-22/h5-8,23-24,26-27,32H,3-4,9-19H2,1-2H3,(H2,33,34,35,39)/t23-,24-,27-/m0/s1. The predicted molar refractivity (Wildman–Crippen MR) is 158 cm³/mol. The number of amides is 2. The first-order valence-electron chi connectivity index (χ1n) is 14.8. The molecule has 1 aromatic carbocycles. The number of thiazole rings is 1. The zero-order chi connectivity index (χ0) is 28.1. The molecule has 10 heteroatoms. The van der Waals surface area contributed by atoms with Crippen molar-refractivity contribution >= 4 is 28.3 Å². The highest BCUT2D eigenvalue weighted by molar-refractivity contribution is 7.17. The van der Waals surface area contributed by atoms with Gasteiger partial charge in [-0.3, -0.25) is 15.0 Å². The normalized spacial score (nSPS) is 25.0. The largest absolute Gasteiger partial charge is 0.333 e. The summed E-state index contributed by atoms with van der Waals surface area (Å²) in [7, 11) is 0. The lowest BCUT2D eigenvalue weighted by molar-refractivity contribution is 0.0606. The Morgan fingerprint density at radius 1 is 1.10 bits per heavy atom. The molecule has 0 radical (unpaired) electrons. The summed E-state index contributed by atoms with van der Waals surface area (Å²) in [4.78, 5) is 35.2. The fourth-order valence-electron chi connectivity index (χ4n) is 6.76. The third kappa shape index (κ3) is 7.66. The minimum atomic E-state index is -0.251. The Morgan fingerprint density at radius 3 is 2.60 bits per heavy atom. The quantitative estimate of drug-likeness (QED) is 0.410. The van der Waals surface area contributed by atoms with Gasteiger partial charge in [-0.15, -0.1) is 0 Å². The molecule has 40 heavy (non-hydrogen) atoms. The summed E-state index contributed by atoms with van der Waals surface area (Å²) in [5, 5.41) is 10.1. The number of anilines is 1. The van der Waals surface area contributed by atoms with Gasteiger partial charge < -0.3 is 15.5 Å². The fraction of sp³-hybridized carbons (Fsp3) is 0.633. The number of Topliss-reactive ketones (excluding diaryl/α,β-unsaturated/α-hetero) is 1. The van der Waals surface area contributed by atoms with Crippen LogP contribution in [0.15, 0.2) is 24.3 Å². The topological polar surface area (TPSA) is 89.6 Å². The lowest BCUT2D eigenvalue weighted by Gasteiger charge is -2.45. The van der Waals surface area contributed by atoms with E-state index in [1.807, 2.05) is 12.1 Å². The van der Waals surface area contributed by atoms with Crippen LogP contribution in [0.2, 0.25) is 0 Å². The number of carbonyl (C=O) groups is 2. The Balaban J connectivity index is 1.22. The van der Waals surface area contributed by atoms with Gasteiger partial charge in [-0.1, -0.05) is 23.5 Å². The maximum atomic E-state index is 13.4. The van der Waals surface area contributed by atoms with Gasteiger partial charge in [-0.05, 0) is 101 Å². The van der Waals surface area contributed by atoms with Crippen molar-refractivity contribution in [3.05, 3.63) is 46.2 Å². The van der Waals surface area contributed by atoms with Gasteiger partial charge in [0.05, 0.1) is 10.6 Å². The van der Waals surface area contributed by atoms with Crippen molar-refractivity contribution in [1.29, 1.82) is 0 Å². The van der Waals surface area contributed by atoms with Crippen LogP contribution in [0.1, 0.15) is 60.0 Å². The molecule has 0 bridgehead atoms. The molecule has 0 aliphatic carbocycles. The van der Waals surface area contributed by atoms with Gasteiger partial charge in [-0.25, -0.2) is 14.2 Å². The number of aromatic nitrogens is 1. The number of hydrogen-bond donors (Lipinski definition) is 3. The third-order valence-electron chi connectivity index (χ3n) is 8.80. The van der Waals surface area contributed by atoms with E-state index < -0.39 is 0 Å². The number of benzene rings is 1. The number of likely N-dealkylation sites (tertiary alicyclic amines) is 2. The molecule has 2 amide bonds. The molecule has 8 nitrogen and oxygen atoms in total. The number of aryl methyl sites for hydroxylation is 1. The maximum Gasteiger partial charge on any atom is 0.321 e. The highest BCUT2D eigenvalue weighted by Gasteiger charge is 2.35. The number of halogens is 1. The van der Waals surface area contributed by atoms with E-state index >= 15 is 0 Å². The highest BCUT2D eigenvalue weighted by Crippen LogP contribution is 2.28. The zero-order valence-corrected chi connectivity index (χ0v) is 24.6. The van der Waals surface area contributed by atoms with E-state index in [9.17, 15) is 14.0 Å². The maximum absolute atomic E-state index is 13.4. The van der Waals surface area contributed by atoms with Crippen molar-refractivity contribution in [2.45, 2.75) is 64.5 Å². The average molecular weight is 571 g/mol. The first-order valence-corrected chi connectivity index (χ1v) is 15.6. The number of hydrogen-bond acceptors (Lipinski definition) is 7. The molecule has 1 aromatic heterocycles. The third-order valence-corrected chi connectivity index (χ3v) is 9.97. The molecule has 3 aliphatic heterocycles. The first-order chi connectivity index (χ1) is 19.3. The summed E-state index contributed by atoms with van der Waals surface area (Å²) >= 11 is 1.23. The van der Waals surface area contributed by atoms with Crippen LogP contribution in [0.3, 0.4) is 0 Å². The molecule has 3 aliphatic rings. The van der Waals surface area contributed by atoms with Crippen LogP contribution in [0.5, 0.6) is 0 Å². The number of urea groups is 1. The SMILES string of the molecule is CC(=O)c1sc(NC(=O)N[C@H]2CN(C3CCNCC3)CC[C@H]2CN2CCC[C@@H](Cc3ccc(F)cc3)C2)nc1C. The second-order valence-corrected chi connectivity index (χ2v) is 12.8. The van der Waals surface area contributed by atoms with Crippen molar-refractivity contribution in [2.24, 2.45) is 11.8 Å². The van der Waals surface area contributed by atoms with E-state index in [1.165, 1.54) is 36.7 Å². The number of nitrogens with one attached hydrogen (secondary N) is 3. The van der Waals surface area contributed by atoms with Crippen LogP contribution >= 0.6 is 11.3 Å². The van der Waals surface area contributed by atoms with Crippen molar-refractivity contribution in [3.63, 3.8) is 0 Å². The minimum Gasteiger partial charge on any atom is -0.333 e. The number of ketones is 1. The van der Waals surface area contributed by atoms with Gasteiger partial charge >= 0.3 is 6.03 Å². The van der Waals surface area contributed by atoms with Crippen molar-refractivity contribution < 1.29 is 14.0 Å².